The number of aryl methyl sites for hydroxylation is 1. The first-order valence-electron chi connectivity index (χ1n) is 8.31. The molecular weight excluding hydrogens is 381 g/mol. The molecule has 2 aromatic carbocycles. The number of nitrogens with two attached hydrogens (primary N) is 1. The molecule has 3 rings (SSSR count). The fourth-order valence-corrected chi connectivity index (χ4v) is 3.88. The van der Waals surface area contributed by atoms with E-state index >= 15 is 0 Å². The number of benzene rings is 2. The molecule has 0 saturated carbocycles. The minimum atomic E-state index is -2.46. The highest BCUT2D eigenvalue weighted by Gasteiger charge is 2.17. The van der Waals surface area contributed by atoms with E-state index in [1.54, 1.807) is 13.3 Å². The molecule has 0 unspecified atom stereocenters. The Labute approximate surface area is 163 Å². The molecule has 0 radical (unpaired) electrons. The molecule has 0 amide bonds. The highest BCUT2D eigenvalue weighted by atomic mass is 35.5. The Kier molecular flexibility index (Phi) is 5.40. The predicted octanol–water partition coefficient (Wildman–Crippen LogP) is 4.76. The Morgan fingerprint density at radius 2 is 1.81 bits per heavy atom. The number of anilines is 5. The second kappa shape index (κ2) is 7.59. The smallest absolute Gasteiger partial charge is 0.229 e. The van der Waals surface area contributed by atoms with Crippen LogP contribution >= 0.6 is 18.7 Å². The fourth-order valence-electron chi connectivity index (χ4n) is 2.59. The number of nitrogens with one attached hydrogen (secondary N) is 2. The van der Waals surface area contributed by atoms with E-state index in [2.05, 4.69) is 20.6 Å². The van der Waals surface area contributed by atoms with E-state index in [1.165, 1.54) is 6.20 Å². The molecule has 4 N–H and O–H groups in total. The van der Waals surface area contributed by atoms with E-state index in [0.29, 0.717) is 28.2 Å². The van der Waals surface area contributed by atoms with Gasteiger partial charge in [0, 0.05) is 16.7 Å². The maximum atomic E-state index is 12.6. The first-order valence-corrected chi connectivity index (χ1v) is 11.3. The van der Waals surface area contributed by atoms with Gasteiger partial charge in [-0.1, -0.05) is 29.8 Å². The number of hydrogen-bond donors (Lipinski definition) is 3. The molecule has 3 aromatic rings. The van der Waals surface area contributed by atoms with Crippen molar-refractivity contribution in [3.8, 4) is 0 Å². The summed E-state index contributed by atoms with van der Waals surface area (Å²) in [4.78, 5) is 8.69. The topological polar surface area (TPSA) is 92.9 Å². The minimum absolute atomic E-state index is 0.363. The quantitative estimate of drug-likeness (QED) is 0.421. The van der Waals surface area contributed by atoms with Crippen molar-refractivity contribution < 1.29 is 4.57 Å². The van der Waals surface area contributed by atoms with Crippen LogP contribution in [0.4, 0.5) is 28.8 Å². The summed E-state index contributed by atoms with van der Waals surface area (Å²) < 4.78 is 12.6. The van der Waals surface area contributed by atoms with Crippen molar-refractivity contribution in [2.45, 2.75) is 6.92 Å². The van der Waals surface area contributed by atoms with Gasteiger partial charge in [-0.15, -0.1) is 0 Å². The molecule has 0 spiro atoms. The third kappa shape index (κ3) is 4.59. The molecule has 0 aliphatic carbocycles. The monoisotopic (exact) mass is 401 g/mol. The first-order chi connectivity index (χ1) is 12.7. The van der Waals surface area contributed by atoms with Crippen molar-refractivity contribution in [1.82, 2.24) is 9.97 Å². The van der Waals surface area contributed by atoms with Gasteiger partial charge in [0.2, 0.25) is 5.95 Å². The van der Waals surface area contributed by atoms with Crippen molar-refractivity contribution in [3.63, 3.8) is 0 Å². The van der Waals surface area contributed by atoms with Crippen LogP contribution in [0.3, 0.4) is 0 Å². The zero-order valence-corrected chi connectivity index (χ0v) is 17.0. The summed E-state index contributed by atoms with van der Waals surface area (Å²) in [6, 6.07) is 13.0. The normalized spacial score (nSPS) is 11.3. The van der Waals surface area contributed by atoms with E-state index in [4.69, 9.17) is 17.3 Å². The summed E-state index contributed by atoms with van der Waals surface area (Å²) in [5.41, 5.74) is 9.03. The SMILES string of the molecule is Cc1ccc(N)cc1Nc1ncc(Cl)c(Nc2ccccc2P(C)(C)=O)n1. The predicted molar refractivity (Wildman–Crippen MR) is 115 cm³/mol. The van der Waals surface area contributed by atoms with Crippen molar-refractivity contribution >= 4 is 52.9 Å². The van der Waals surface area contributed by atoms with Crippen LogP contribution in [0.1, 0.15) is 5.56 Å². The number of rotatable bonds is 5. The van der Waals surface area contributed by atoms with Crippen LogP contribution in [0.15, 0.2) is 48.7 Å². The minimum Gasteiger partial charge on any atom is -0.399 e. The maximum Gasteiger partial charge on any atom is 0.229 e. The van der Waals surface area contributed by atoms with Crippen molar-refractivity contribution in [2.24, 2.45) is 0 Å². The zero-order chi connectivity index (χ0) is 19.6. The number of aromatic nitrogens is 2. The number of nitrogens with zero attached hydrogens (tertiary/aromatic N) is 2. The third-order valence-electron chi connectivity index (χ3n) is 3.99. The third-order valence-corrected chi connectivity index (χ3v) is 5.82. The standard InChI is InChI=1S/C19H21ClN5OP/c1-12-8-9-13(21)10-16(12)24-19-22-11-14(20)18(25-19)23-15-6-4-5-7-17(15)27(2,3)26/h4-11H,21H2,1-3H3,(H2,22,23,24,25). The highest BCUT2D eigenvalue weighted by molar-refractivity contribution is 7.70. The van der Waals surface area contributed by atoms with E-state index < -0.39 is 7.14 Å². The van der Waals surface area contributed by atoms with Crippen LogP contribution in [0.25, 0.3) is 0 Å². The zero-order valence-electron chi connectivity index (χ0n) is 15.3. The first kappa shape index (κ1) is 19.2. The molecule has 1 aromatic heterocycles. The lowest BCUT2D eigenvalue weighted by atomic mass is 10.2. The molecule has 1 heterocycles. The summed E-state index contributed by atoms with van der Waals surface area (Å²) in [7, 11) is -2.46. The molecule has 6 nitrogen and oxygen atoms in total. The van der Waals surface area contributed by atoms with Crippen molar-refractivity contribution in [1.29, 1.82) is 0 Å². The van der Waals surface area contributed by atoms with Crippen LogP contribution in [0.5, 0.6) is 0 Å². The van der Waals surface area contributed by atoms with Crippen LogP contribution in [-0.4, -0.2) is 23.3 Å². The molecule has 0 aliphatic rings. The van der Waals surface area contributed by atoms with Crippen LogP contribution < -0.4 is 21.7 Å². The van der Waals surface area contributed by atoms with Gasteiger partial charge in [0.05, 0.1) is 11.9 Å². The highest BCUT2D eigenvalue weighted by Crippen LogP contribution is 2.38. The van der Waals surface area contributed by atoms with Gasteiger partial charge in [-0.3, -0.25) is 0 Å². The Bertz CT molecular complexity index is 1030. The van der Waals surface area contributed by atoms with Crippen LogP contribution in [0, 0.1) is 6.92 Å². The van der Waals surface area contributed by atoms with Gasteiger partial charge in [0.1, 0.15) is 12.2 Å². The van der Waals surface area contributed by atoms with Gasteiger partial charge < -0.3 is 20.9 Å². The lowest BCUT2D eigenvalue weighted by Crippen LogP contribution is -2.11. The van der Waals surface area contributed by atoms with E-state index in [0.717, 1.165) is 16.6 Å². The second-order valence-corrected chi connectivity index (χ2v) is 10.2. The van der Waals surface area contributed by atoms with Crippen molar-refractivity contribution in [2.75, 3.05) is 29.7 Å². The summed E-state index contributed by atoms with van der Waals surface area (Å²) in [6.07, 6.45) is 1.51. The van der Waals surface area contributed by atoms with Crippen LogP contribution in [-0.2, 0) is 4.57 Å². The summed E-state index contributed by atoms with van der Waals surface area (Å²) in [6.45, 7) is 5.42. The second-order valence-electron chi connectivity index (χ2n) is 6.58. The summed E-state index contributed by atoms with van der Waals surface area (Å²) >= 11 is 6.27. The van der Waals surface area contributed by atoms with E-state index in [1.807, 2.05) is 49.4 Å². The molecule has 0 fully saturated rings. The molecule has 8 heteroatoms. The molecule has 27 heavy (non-hydrogen) atoms. The van der Waals surface area contributed by atoms with Gasteiger partial charge in [0.25, 0.3) is 0 Å². The molecule has 0 atom stereocenters. The number of halogens is 1. The Morgan fingerprint density at radius 1 is 1.07 bits per heavy atom. The Hall–Kier alpha value is -2.56. The van der Waals surface area contributed by atoms with Gasteiger partial charge in [-0.05, 0) is 50.1 Å². The van der Waals surface area contributed by atoms with Gasteiger partial charge in [-0.2, -0.15) is 4.98 Å². The summed E-state index contributed by atoms with van der Waals surface area (Å²) in [5, 5.41) is 7.43. The molecule has 0 bridgehead atoms. The van der Waals surface area contributed by atoms with E-state index in [-0.39, 0.29) is 0 Å². The average molecular weight is 402 g/mol. The fraction of sp³-hybridized carbons (Fsp3) is 0.158. The molecule has 0 saturated heterocycles. The maximum absolute atomic E-state index is 12.6. The largest absolute Gasteiger partial charge is 0.399 e. The van der Waals surface area contributed by atoms with Crippen LogP contribution in [0.2, 0.25) is 5.02 Å². The molecular formula is C19H21ClN5OP. The van der Waals surface area contributed by atoms with Gasteiger partial charge in [0.15, 0.2) is 5.82 Å². The van der Waals surface area contributed by atoms with Gasteiger partial charge >= 0.3 is 0 Å². The number of hydrogen-bond acceptors (Lipinski definition) is 6. The lowest BCUT2D eigenvalue weighted by Gasteiger charge is -2.16. The number of nitrogen functional groups attached to an aromatic ring is 1. The Balaban J connectivity index is 1.93. The van der Waals surface area contributed by atoms with Crippen molar-refractivity contribution in [3.05, 3.63) is 59.2 Å². The Morgan fingerprint density at radius 3 is 2.56 bits per heavy atom. The molecule has 0 aliphatic heterocycles. The average Bonchev–Trinajstić information content (AvgIpc) is 2.60. The number of para-hydroxylation sites is 1. The van der Waals surface area contributed by atoms with E-state index in [9.17, 15) is 4.57 Å². The lowest BCUT2D eigenvalue weighted by molar-refractivity contribution is 0.588. The van der Waals surface area contributed by atoms with Gasteiger partial charge in [-0.25, -0.2) is 4.98 Å². The summed E-state index contributed by atoms with van der Waals surface area (Å²) in [5.74, 6) is 0.806. The molecule has 140 valence electrons.